The summed E-state index contributed by atoms with van der Waals surface area (Å²) in [5.74, 6) is -1.84. The van der Waals surface area contributed by atoms with Crippen LogP contribution < -0.4 is 10.6 Å². The fraction of sp³-hybridized carbons (Fsp3) is 0.969. The van der Waals surface area contributed by atoms with Gasteiger partial charge >= 0.3 is 0 Å². The largest absolute Gasteiger partial charge is 0.394 e. The van der Waals surface area contributed by atoms with E-state index in [-0.39, 0.29) is 0 Å². The van der Waals surface area contributed by atoms with Gasteiger partial charge < -0.3 is 254 Å². The molecule has 33 N–H and O–H groups in total. The maximum absolute atomic E-state index is 13.0. The zero-order chi connectivity index (χ0) is 86.4. The molecule has 9 saturated heterocycles. The molecule has 0 bridgehead atoms. The van der Waals surface area contributed by atoms with Crippen LogP contribution in [0, 0.1) is 0 Å². The Hall–Kier alpha value is -3.02. The lowest BCUT2D eigenvalue weighted by Gasteiger charge is -2.51. The normalized spacial score (nSPS) is 48.6. The molecule has 117 heavy (non-hydrogen) atoms. The Morgan fingerprint density at radius 2 is 0.590 bits per heavy atom. The molecule has 9 heterocycles. The zero-order valence-corrected chi connectivity index (χ0v) is 62.1. The molecule has 682 valence electrons. The zero-order valence-electron chi connectivity index (χ0n) is 62.1. The summed E-state index contributed by atoms with van der Waals surface area (Å²) in [6.07, 6.45) is -103. The van der Waals surface area contributed by atoms with E-state index in [1.165, 1.54) is 0 Å². The lowest BCUT2D eigenvalue weighted by molar-refractivity contribution is -0.408. The number of nitrogens with one attached hydrogen (secondary N) is 2. The molecule has 9 aliphatic heterocycles. The number of aliphatic hydroxyl groups excluding tert-OH is 31. The summed E-state index contributed by atoms with van der Waals surface area (Å²) in [5.41, 5.74) is 0. The molecule has 9 fully saturated rings. The molecule has 53 heteroatoms. The van der Waals surface area contributed by atoms with Crippen LogP contribution in [0.5, 0.6) is 0 Å². The van der Waals surface area contributed by atoms with Gasteiger partial charge in [0.2, 0.25) is 11.8 Å². The summed E-state index contributed by atoms with van der Waals surface area (Å²) < 4.78 is 105. The van der Waals surface area contributed by atoms with Crippen LogP contribution in [0.2, 0.25) is 0 Å². The number of rotatable bonds is 34. The number of amides is 2. The second-order valence-electron chi connectivity index (χ2n) is 29.3. The third-order valence-corrected chi connectivity index (χ3v) is 21.3. The van der Waals surface area contributed by atoms with Gasteiger partial charge in [0.05, 0.1) is 78.7 Å². The van der Waals surface area contributed by atoms with Gasteiger partial charge in [-0.1, -0.05) is 0 Å². The predicted octanol–water partition coefficient (Wildman–Crippen LogP) is -22.9. The van der Waals surface area contributed by atoms with Crippen molar-refractivity contribution in [3.05, 3.63) is 0 Å². The van der Waals surface area contributed by atoms with E-state index in [0.29, 0.717) is 0 Å². The van der Waals surface area contributed by atoms with Crippen LogP contribution in [0.3, 0.4) is 0 Å². The first kappa shape index (κ1) is 97.8. The molecule has 0 aromatic heterocycles. The van der Waals surface area contributed by atoms with Gasteiger partial charge in [-0.15, -0.1) is 0 Å². The minimum atomic E-state index is -2.66. The average molecular weight is 1720 g/mol. The van der Waals surface area contributed by atoms with E-state index in [0.717, 1.165) is 13.8 Å². The molecule has 0 radical (unpaired) electrons. The quantitative estimate of drug-likeness (QED) is 0.0284. The fourth-order valence-electron chi connectivity index (χ4n) is 14.6. The smallest absolute Gasteiger partial charge is 0.217 e. The summed E-state index contributed by atoms with van der Waals surface area (Å²) in [5, 5.41) is 346. The highest BCUT2D eigenvalue weighted by Gasteiger charge is 2.61. The Morgan fingerprint density at radius 3 is 0.966 bits per heavy atom. The molecule has 9 rings (SSSR count). The maximum Gasteiger partial charge on any atom is 0.217 e. The fourth-order valence-corrected chi connectivity index (χ4v) is 14.6. The lowest BCUT2D eigenvalue weighted by Crippen LogP contribution is -2.70. The van der Waals surface area contributed by atoms with Crippen molar-refractivity contribution in [3.63, 3.8) is 0 Å². The van der Waals surface area contributed by atoms with Gasteiger partial charge in [-0.05, 0) is 0 Å². The third-order valence-electron chi connectivity index (χ3n) is 21.3. The maximum atomic E-state index is 13.0. The minimum absolute atomic E-state index is 0.831. The highest BCUT2D eigenvalue weighted by atomic mass is 16.8. The highest BCUT2D eigenvalue weighted by Crippen LogP contribution is 2.40. The van der Waals surface area contributed by atoms with Crippen LogP contribution in [0.25, 0.3) is 0 Å². The van der Waals surface area contributed by atoms with Crippen molar-refractivity contribution >= 4 is 11.8 Å². The van der Waals surface area contributed by atoms with Crippen molar-refractivity contribution in [1.29, 1.82) is 0 Å². The Kier molecular flexibility index (Phi) is 36.1. The number of carbonyl (C=O) groups excluding carboxylic acids is 2. The van der Waals surface area contributed by atoms with Gasteiger partial charge in [0.15, 0.2) is 56.6 Å². The summed E-state index contributed by atoms with van der Waals surface area (Å²) in [7, 11) is 0. The second-order valence-corrected chi connectivity index (χ2v) is 29.3. The molecule has 0 aromatic rings. The van der Waals surface area contributed by atoms with E-state index >= 15 is 0 Å². The van der Waals surface area contributed by atoms with Gasteiger partial charge in [0, 0.05) is 13.8 Å². The van der Waals surface area contributed by atoms with E-state index in [2.05, 4.69) is 10.6 Å². The third kappa shape index (κ3) is 21.7. The molecule has 0 spiro atoms. The summed E-state index contributed by atoms with van der Waals surface area (Å²) in [6, 6.07) is -3.70. The van der Waals surface area contributed by atoms with Crippen molar-refractivity contribution in [3.8, 4) is 0 Å². The second kappa shape index (κ2) is 43.3. The average Bonchev–Trinajstić information content (AvgIpc) is 0.763. The molecule has 49 atom stereocenters. The van der Waals surface area contributed by atoms with Crippen LogP contribution in [-0.2, 0) is 94.9 Å². The standard InChI is InChI=1S/C64H110N2O51/c1-14(76)65-16(3-67)28(79)49(17(78)4-68)111-56-27(66-15(2)77)37(88)50(24(11-75)108-56)112-61-48(99)52(114-63-55(43(94)34(85)22(9-73)106-63)117-64-54(42(93)33(84)23(10-74)107-64)116-60-46(97)40(91)31(82)20(7-71)104-60)36(87)26(110-61)12-100-57-47(98)51(113-58-44(95)38(89)29(80)18(5-69)102-58)35(86)25(109-57)13-101-62-53(41(92)32(83)21(8-72)105-62)115-59-45(96)39(90)30(81)19(6-70)103-59/h16-64,67-75,78-99H,3-13H2,1-2H3,(H,65,76)(H,66,77)/t16-,17+,18+,19+,20+,21+,22+,23+,24+,25+,26+,27+,28+,29+,30+,31+,32+,33+,34+,35+,36+,37+,38-,39-,40-,41-,42-,43-,44-,45-,46-,47-,48-,49+,50+,51-,52-,53-,54-,55-,56?,57?,58?,59?,60?,61?,62?,63?,64?/m0/s1. The van der Waals surface area contributed by atoms with Crippen molar-refractivity contribution in [1.82, 2.24) is 10.6 Å². The molecular formula is C64H110N2O51. The van der Waals surface area contributed by atoms with Crippen LogP contribution in [0.15, 0.2) is 0 Å². The summed E-state index contributed by atoms with van der Waals surface area (Å²) >= 11 is 0. The SMILES string of the molecule is CC(=O)N[C@@H](CO)[C@@H](O)[C@H](OC1O[C@H](CO)[C@@H](OC2O[C@H](COC3O[C@H](COC4O[C@H](CO)[C@@H](O)[C@H](O)[C@@H]4OC4O[C@H](CO)[C@@H](O)[C@H](O)[C@@H]4O)[C@@H](O)[C@H](OC4O[C@H](CO)[C@@H](O)[C@H](O)[C@@H]4O)[C@@H]3O)[C@@H](O)[C@H](OC3O[C@H](CO)[C@@H](O)[C@H](O)[C@@H]3OC3O[C@H](CO)[C@@H](O)[C@H](O)[C@@H]3OC3O[C@H](CO)[C@@H](O)[C@H](O)[C@@H]3O)[C@@H]2O)[C@H](O)[C@H]1NC(C)=O)[C@H](O)CO. The van der Waals surface area contributed by atoms with Gasteiger partial charge in [-0.2, -0.15) is 0 Å². The predicted molar refractivity (Wildman–Crippen MR) is 355 cm³/mol. The molecule has 2 amide bonds. The molecule has 0 aliphatic carbocycles. The molecule has 0 saturated carbocycles. The van der Waals surface area contributed by atoms with Gasteiger partial charge in [0.25, 0.3) is 0 Å². The Morgan fingerprint density at radius 1 is 0.291 bits per heavy atom. The first-order valence-corrected chi connectivity index (χ1v) is 37.1. The van der Waals surface area contributed by atoms with E-state index in [1.54, 1.807) is 0 Å². The number of ether oxygens (including phenoxy) is 18. The number of hydrogen-bond acceptors (Lipinski definition) is 51. The Balaban J connectivity index is 1.08. The van der Waals surface area contributed by atoms with Crippen molar-refractivity contribution < 1.29 is 253 Å². The minimum Gasteiger partial charge on any atom is -0.394 e. The van der Waals surface area contributed by atoms with Crippen molar-refractivity contribution in [2.24, 2.45) is 0 Å². The van der Waals surface area contributed by atoms with Crippen molar-refractivity contribution in [2.75, 3.05) is 72.7 Å². The lowest BCUT2D eigenvalue weighted by atomic mass is 9.94. The number of hydrogen-bond donors (Lipinski definition) is 33. The summed E-state index contributed by atoms with van der Waals surface area (Å²) in [4.78, 5) is 25.1. The van der Waals surface area contributed by atoms with Gasteiger partial charge in [-0.3, -0.25) is 9.59 Å². The van der Waals surface area contributed by atoms with Crippen molar-refractivity contribution in [2.45, 2.75) is 314 Å². The first-order valence-electron chi connectivity index (χ1n) is 37.1. The van der Waals surface area contributed by atoms with Gasteiger partial charge in [0.1, 0.15) is 238 Å². The Bertz CT molecular complexity index is 2990. The summed E-state index contributed by atoms with van der Waals surface area (Å²) in [6.45, 7) is -10.7. The molecule has 53 nitrogen and oxygen atoms in total. The molecule has 0 aromatic carbocycles. The molecule has 9 unspecified atom stereocenters. The van der Waals surface area contributed by atoms with E-state index in [4.69, 9.17) is 85.3 Å². The van der Waals surface area contributed by atoms with Crippen LogP contribution >= 0.6 is 0 Å². The monoisotopic (exact) mass is 1720 g/mol. The highest BCUT2D eigenvalue weighted by molar-refractivity contribution is 5.73. The van der Waals surface area contributed by atoms with Crippen LogP contribution in [0.4, 0.5) is 0 Å². The molecule has 9 aliphatic rings. The van der Waals surface area contributed by atoms with E-state index in [1.807, 2.05) is 0 Å². The topological polar surface area (TPSA) is 851 Å². The molecular weight excluding hydrogens is 1610 g/mol. The van der Waals surface area contributed by atoms with E-state index in [9.17, 15) is 168 Å². The first-order chi connectivity index (χ1) is 55.4. The van der Waals surface area contributed by atoms with Crippen LogP contribution in [0.1, 0.15) is 13.8 Å². The number of aliphatic hydroxyl groups is 31. The Labute approximate surface area is 661 Å². The van der Waals surface area contributed by atoms with E-state index < -0.39 is 385 Å². The number of carbonyl (C=O) groups is 2. The van der Waals surface area contributed by atoms with Gasteiger partial charge in [-0.25, -0.2) is 0 Å². The van der Waals surface area contributed by atoms with Crippen LogP contribution in [-0.4, -0.2) is 543 Å².